The summed E-state index contributed by atoms with van der Waals surface area (Å²) in [5.41, 5.74) is 0.799. The van der Waals surface area contributed by atoms with Crippen molar-refractivity contribution in [1.82, 2.24) is 14.9 Å². The molecular weight excluding hydrogens is 434 g/mol. The fourth-order valence-electron chi connectivity index (χ4n) is 4.39. The zero-order valence-electron chi connectivity index (χ0n) is 20.2. The molecule has 0 N–H and O–H groups in total. The summed E-state index contributed by atoms with van der Waals surface area (Å²) in [7, 11) is 4.71. The lowest BCUT2D eigenvalue weighted by atomic mass is 10.1. The van der Waals surface area contributed by atoms with E-state index in [2.05, 4.69) is 14.8 Å². The second kappa shape index (κ2) is 11.1. The van der Waals surface area contributed by atoms with E-state index >= 15 is 0 Å². The Morgan fingerprint density at radius 1 is 0.882 bits per heavy atom. The average molecular weight is 468 g/mol. The molecule has 2 aliphatic rings. The molecular formula is C25H33N5O4. The Labute approximate surface area is 200 Å². The number of benzene rings is 1. The lowest BCUT2D eigenvalue weighted by molar-refractivity contribution is -0.126. The second-order valence-electron chi connectivity index (χ2n) is 8.37. The average Bonchev–Trinajstić information content (AvgIpc) is 2.91. The summed E-state index contributed by atoms with van der Waals surface area (Å²) in [6.07, 6.45) is 8.87. The van der Waals surface area contributed by atoms with Crippen molar-refractivity contribution >= 4 is 23.7 Å². The van der Waals surface area contributed by atoms with E-state index in [-0.39, 0.29) is 5.91 Å². The number of ether oxygens (including phenoxy) is 3. The summed E-state index contributed by atoms with van der Waals surface area (Å²) in [6.45, 7) is 4.79. The molecule has 1 aromatic carbocycles. The van der Waals surface area contributed by atoms with E-state index in [9.17, 15) is 4.79 Å². The van der Waals surface area contributed by atoms with Gasteiger partial charge in [-0.2, -0.15) is 4.98 Å². The fourth-order valence-corrected chi connectivity index (χ4v) is 4.39. The van der Waals surface area contributed by atoms with Crippen LogP contribution >= 0.6 is 0 Å². The molecule has 4 rings (SSSR count). The molecule has 0 aliphatic carbocycles. The molecule has 2 aromatic rings. The molecule has 2 saturated heterocycles. The first-order valence-electron chi connectivity index (χ1n) is 11.7. The molecule has 182 valence electrons. The first-order chi connectivity index (χ1) is 16.6. The lowest BCUT2D eigenvalue weighted by Crippen LogP contribution is -2.48. The van der Waals surface area contributed by atoms with E-state index in [1.54, 1.807) is 33.5 Å². The van der Waals surface area contributed by atoms with E-state index in [1.807, 2.05) is 29.3 Å². The van der Waals surface area contributed by atoms with Crippen LogP contribution in [0.25, 0.3) is 6.08 Å². The van der Waals surface area contributed by atoms with Crippen LogP contribution in [0.4, 0.5) is 11.8 Å². The Bertz CT molecular complexity index is 989. The molecule has 0 bridgehead atoms. The number of rotatable bonds is 7. The fraction of sp³-hybridized carbons (Fsp3) is 0.480. The minimum absolute atomic E-state index is 0.0231. The number of carbonyl (C=O) groups excluding carboxylic acids is 1. The largest absolute Gasteiger partial charge is 0.493 e. The van der Waals surface area contributed by atoms with Crippen LogP contribution in [0.5, 0.6) is 17.2 Å². The molecule has 2 aliphatic heterocycles. The highest BCUT2D eigenvalue weighted by Crippen LogP contribution is 2.38. The van der Waals surface area contributed by atoms with Gasteiger partial charge >= 0.3 is 0 Å². The van der Waals surface area contributed by atoms with Gasteiger partial charge in [-0.15, -0.1) is 0 Å². The van der Waals surface area contributed by atoms with Crippen molar-refractivity contribution in [2.24, 2.45) is 0 Å². The smallest absolute Gasteiger partial charge is 0.246 e. The zero-order chi connectivity index (χ0) is 23.9. The van der Waals surface area contributed by atoms with Crippen LogP contribution in [-0.2, 0) is 4.79 Å². The van der Waals surface area contributed by atoms with Gasteiger partial charge in [0.15, 0.2) is 11.5 Å². The number of anilines is 2. The minimum atomic E-state index is -0.0231. The normalized spacial score (nSPS) is 16.6. The number of methoxy groups -OCH3 is 3. The van der Waals surface area contributed by atoms with E-state index in [1.165, 1.54) is 19.3 Å². The van der Waals surface area contributed by atoms with E-state index in [4.69, 9.17) is 19.2 Å². The van der Waals surface area contributed by atoms with Gasteiger partial charge in [0.05, 0.1) is 21.3 Å². The maximum atomic E-state index is 12.8. The number of piperazine rings is 1. The van der Waals surface area contributed by atoms with Crippen molar-refractivity contribution in [2.75, 3.05) is 70.4 Å². The van der Waals surface area contributed by atoms with E-state index < -0.39 is 0 Å². The van der Waals surface area contributed by atoms with Crippen molar-refractivity contribution in [1.29, 1.82) is 0 Å². The molecule has 2 fully saturated rings. The predicted octanol–water partition coefficient (Wildman–Crippen LogP) is 2.85. The van der Waals surface area contributed by atoms with Crippen molar-refractivity contribution in [3.63, 3.8) is 0 Å². The molecule has 0 atom stereocenters. The number of carbonyl (C=O) groups is 1. The van der Waals surface area contributed by atoms with Gasteiger partial charge in [-0.3, -0.25) is 4.79 Å². The number of piperidine rings is 1. The number of hydrogen-bond acceptors (Lipinski definition) is 8. The maximum Gasteiger partial charge on any atom is 0.246 e. The van der Waals surface area contributed by atoms with Gasteiger partial charge in [0.25, 0.3) is 0 Å². The Hall–Kier alpha value is -3.49. The van der Waals surface area contributed by atoms with Gasteiger partial charge in [0, 0.05) is 51.5 Å². The number of aromatic nitrogens is 2. The molecule has 0 radical (unpaired) electrons. The molecule has 34 heavy (non-hydrogen) atoms. The van der Waals surface area contributed by atoms with Gasteiger partial charge in [-0.25, -0.2) is 4.98 Å². The van der Waals surface area contributed by atoms with Crippen LogP contribution in [0, 0.1) is 0 Å². The quantitative estimate of drug-likeness (QED) is 0.575. The Balaban J connectivity index is 1.36. The summed E-state index contributed by atoms with van der Waals surface area (Å²) < 4.78 is 16.1. The van der Waals surface area contributed by atoms with Crippen LogP contribution < -0.4 is 24.0 Å². The van der Waals surface area contributed by atoms with Gasteiger partial charge < -0.3 is 28.9 Å². The van der Waals surface area contributed by atoms with Crippen molar-refractivity contribution < 1.29 is 19.0 Å². The first-order valence-corrected chi connectivity index (χ1v) is 11.7. The summed E-state index contributed by atoms with van der Waals surface area (Å²) in [5.74, 6) is 3.34. The summed E-state index contributed by atoms with van der Waals surface area (Å²) >= 11 is 0. The maximum absolute atomic E-state index is 12.8. The number of nitrogens with zero attached hydrogens (tertiary/aromatic N) is 5. The summed E-state index contributed by atoms with van der Waals surface area (Å²) in [6, 6.07) is 5.59. The zero-order valence-corrected chi connectivity index (χ0v) is 20.2. The number of amides is 1. The molecule has 0 unspecified atom stereocenters. The molecule has 9 heteroatoms. The van der Waals surface area contributed by atoms with E-state index in [0.717, 1.165) is 43.5 Å². The van der Waals surface area contributed by atoms with Gasteiger partial charge in [-0.1, -0.05) is 0 Å². The van der Waals surface area contributed by atoms with Crippen LogP contribution in [0.15, 0.2) is 30.5 Å². The Kier molecular flexibility index (Phi) is 7.72. The molecule has 0 saturated carbocycles. The van der Waals surface area contributed by atoms with Crippen LogP contribution in [0.3, 0.4) is 0 Å². The molecule has 1 aromatic heterocycles. The molecule has 3 heterocycles. The van der Waals surface area contributed by atoms with Gasteiger partial charge in [-0.05, 0) is 49.1 Å². The van der Waals surface area contributed by atoms with Gasteiger partial charge in [0.1, 0.15) is 5.82 Å². The molecule has 0 spiro atoms. The standard InChI is InChI=1S/C25H33N5O4/c1-32-20-17-19(18-21(33-2)24(20)34-3)7-8-23(31)29-15-13-28(14-16-29)22-9-10-26-25(27-22)30-11-5-4-6-12-30/h7-10,17-18H,4-6,11-16H2,1-3H3/b8-7+. The third-order valence-corrected chi connectivity index (χ3v) is 6.29. The number of hydrogen-bond donors (Lipinski definition) is 0. The van der Waals surface area contributed by atoms with Crippen molar-refractivity contribution in [3.05, 3.63) is 36.0 Å². The summed E-state index contributed by atoms with van der Waals surface area (Å²) in [5, 5.41) is 0. The highest BCUT2D eigenvalue weighted by atomic mass is 16.5. The Morgan fingerprint density at radius 2 is 1.56 bits per heavy atom. The van der Waals surface area contributed by atoms with Crippen LogP contribution in [0.1, 0.15) is 24.8 Å². The monoisotopic (exact) mass is 467 g/mol. The first kappa shape index (κ1) is 23.7. The molecule has 9 nitrogen and oxygen atoms in total. The highest BCUT2D eigenvalue weighted by Gasteiger charge is 2.22. The van der Waals surface area contributed by atoms with Crippen molar-refractivity contribution in [2.45, 2.75) is 19.3 Å². The Morgan fingerprint density at radius 3 is 2.18 bits per heavy atom. The highest BCUT2D eigenvalue weighted by molar-refractivity contribution is 5.92. The lowest BCUT2D eigenvalue weighted by Gasteiger charge is -2.35. The minimum Gasteiger partial charge on any atom is -0.493 e. The third-order valence-electron chi connectivity index (χ3n) is 6.29. The second-order valence-corrected chi connectivity index (χ2v) is 8.37. The third kappa shape index (κ3) is 5.35. The van der Waals surface area contributed by atoms with E-state index in [0.29, 0.717) is 30.3 Å². The predicted molar refractivity (Wildman–Crippen MR) is 132 cm³/mol. The van der Waals surface area contributed by atoms with Crippen molar-refractivity contribution in [3.8, 4) is 17.2 Å². The van der Waals surface area contributed by atoms with Crippen LogP contribution in [-0.4, -0.2) is 81.4 Å². The topological polar surface area (TPSA) is 80.3 Å². The summed E-state index contributed by atoms with van der Waals surface area (Å²) in [4.78, 5) is 28.4. The molecule has 1 amide bonds. The van der Waals surface area contributed by atoms with Crippen LogP contribution in [0.2, 0.25) is 0 Å². The SMILES string of the molecule is COc1cc(/C=C/C(=O)N2CCN(c3ccnc(N4CCCCC4)n3)CC2)cc(OC)c1OC. The van der Waals surface area contributed by atoms with Gasteiger partial charge in [0.2, 0.25) is 17.6 Å².